The number of hydrogen-bond donors (Lipinski definition) is 1. The molecule has 2 rings (SSSR count). The van der Waals surface area contributed by atoms with Crippen molar-refractivity contribution < 1.29 is 4.74 Å². The third-order valence-electron chi connectivity index (χ3n) is 2.84. The minimum Gasteiger partial charge on any atom is -0.488 e. The SMILES string of the molecule is CCCNCc1cnccc1OCc1ccccc1. The molecule has 0 radical (unpaired) electrons. The van der Waals surface area contributed by atoms with Crippen LogP contribution < -0.4 is 10.1 Å². The first-order valence-corrected chi connectivity index (χ1v) is 6.70. The van der Waals surface area contributed by atoms with Crippen LogP contribution in [0.15, 0.2) is 48.8 Å². The minimum absolute atomic E-state index is 0.589. The summed E-state index contributed by atoms with van der Waals surface area (Å²) in [5.74, 6) is 0.905. The van der Waals surface area contributed by atoms with Gasteiger partial charge in [0.1, 0.15) is 12.4 Å². The van der Waals surface area contributed by atoms with Gasteiger partial charge in [-0.15, -0.1) is 0 Å². The number of nitrogens with zero attached hydrogens (tertiary/aromatic N) is 1. The molecule has 3 nitrogen and oxygen atoms in total. The van der Waals surface area contributed by atoms with Crippen molar-refractivity contribution in [1.29, 1.82) is 0 Å². The Morgan fingerprint density at radius 3 is 2.79 bits per heavy atom. The van der Waals surface area contributed by atoms with Gasteiger partial charge in [-0.25, -0.2) is 0 Å². The average molecular weight is 256 g/mol. The van der Waals surface area contributed by atoms with Crippen LogP contribution in [0.5, 0.6) is 5.75 Å². The van der Waals surface area contributed by atoms with Crippen molar-refractivity contribution in [3.05, 3.63) is 59.9 Å². The van der Waals surface area contributed by atoms with Gasteiger partial charge in [0.05, 0.1) is 0 Å². The smallest absolute Gasteiger partial charge is 0.127 e. The van der Waals surface area contributed by atoms with E-state index in [4.69, 9.17) is 4.74 Å². The molecule has 3 heteroatoms. The van der Waals surface area contributed by atoms with Crippen molar-refractivity contribution in [3.8, 4) is 5.75 Å². The predicted molar refractivity (Wildman–Crippen MR) is 77.0 cm³/mol. The maximum atomic E-state index is 5.87. The summed E-state index contributed by atoms with van der Waals surface area (Å²) in [5, 5.41) is 3.37. The molecule has 0 atom stereocenters. The summed E-state index contributed by atoms with van der Waals surface area (Å²) in [6, 6.07) is 12.1. The molecule has 0 aliphatic rings. The summed E-state index contributed by atoms with van der Waals surface area (Å²) in [6.45, 7) is 4.55. The van der Waals surface area contributed by atoms with Crippen LogP contribution in [0.3, 0.4) is 0 Å². The van der Waals surface area contributed by atoms with E-state index in [-0.39, 0.29) is 0 Å². The van der Waals surface area contributed by atoms with Gasteiger partial charge in [-0.05, 0) is 24.6 Å². The zero-order chi connectivity index (χ0) is 13.3. The van der Waals surface area contributed by atoms with Crippen LogP contribution in [0.25, 0.3) is 0 Å². The average Bonchev–Trinajstić information content (AvgIpc) is 2.48. The summed E-state index contributed by atoms with van der Waals surface area (Å²) < 4.78 is 5.87. The minimum atomic E-state index is 0.589. The Balaban J connectivity index is 1.95. The van der Waals surface area contributed by atoms with Gasteiger partial charge in [0.15, 0.2) is 0 Å². The largest absolute Gasteiger partial charge is 0.488 e. The van der Waals surface area contributed by atoms with E-state index in [0.29, 0.717) is 6.61 Å². The molecule has 1 heterocycles. The summed E-state index contributed by atoms with van der Waals surface area (Å²) in [6.07, 6.45) is 4.76. The Kier molecular flexibility index (Phi) is 5.38. The van der Waals surface area contributed by atoms with E-state index in [0.717, 1.165) is 30.8 Å². The van der Waals surface area contributed by atoms with Crippen molar-refractivity contribution in [2.75, 3.05) is 6.54 Å². The Hall–Kier alpha value is -1.87. The fraction of sp³-hybridized carbons (Fsp3) is 0.312. The zero-order valence-corrected chi connectivity index (χ0v) is 11.3. The fourth-order valence-electron chi connectivity index (χ4n) is 1.82. The van der Waals surface area contributed by atoms with Crippen LogP contribution in [0.4, 0.5) is 0 Å². The first-order chi connectivity index (χ1) is 9.40. The van der Waals surface area contributed by atoms with Crippen LogP contribution in [-0.2, 0) is 13.2 Å². The third-order valence-corrected chi connectivity index (χ3v) is 2.84. The maximum Gasteiger partial charge on any atom is 0.127 e. The normalized spacial score (nSPS) is 10.4. The Morgan fingerprint density at radius 2 is 2.00 bits per heavy atom. The molecule has 1 N–H and O–H groups in total. The Morgan fingerprint density at radius 1 is 1.16 bits per heavy atom. The lowest BCUT2D eigenvalue weighted by Gasteiger charge is -2.11. The van der Waals surface area contributed by atoms with Gasteiger partial charge < -0.3 is 10.1 Å². The molecule has 0 aliphatic carbocycles. The maximum absolute atomic E-state index is 5.87. The van der Waals surface area contributed by atoms with Gasteiger partial charge in [-0.1, -0.05) is 37.3 Å². The van der Waals surface area contributed by atoms with E-state index in [1.54, 1.807) is 6.20 Å². The van der Waals surface area contributed by atoms with Crippen molar-refractivity contribution in [2.24, 2.45) is 0 Å². The van der Waals surface area contributed by atoms with Crippen molar-refractivity contribution in [2.45, 2.75) is 26.5 Å². The van der Waals surface area contributed by atoms with Crippen LogP contribution >= 0.6 is 0 Å². The summed E-state index contributed by atoms with van der Waals surface area (Å²) >= 11 is 0. The predicted octanol–water partition coefficient (Wildman–Crippen LogP) is 3.16. The number of ether oxygens (including phenoxy) is 1. The molecular formula is C16H20N2O. The van der Waals surface area contributed by atoms with E-state index >= 15 is 0 Å². The molecule has 1 aromatic carbocycles. The van der Waals surface area contributed by atoms with Crippen molar-refractivity contribution in [1.82, 2.24) is 10.3 Å². The third kappa shape index (κ3) is 4.38. The van der Waals surface area contributed by atoms with Gasteiger partial charge in [0.2, 0.25) is 0 Å². The van der Waals surface area contributed by atoms with Gasteiger partial charge in [0.25, 0.3) is 0 Å². The molecular weight excluding hydrogens is 236 g/mol. The van der Waals surface area contributed by atoms with E-state index in [1.165, 1.54) is 5.56 Å². The molecule has 0 spiro atoms. The number of rotatable bonds is 7. The number of aromatic nitrogens is 1. The molecule has 19 heavy (non-hydrogen) atoms. The van der Waals surface area contributed by atoms with Crippen LogP contribution in [0.1, 0.15) is 24.5 Å². The van der Waals surface area contributed by atoms with Gasteiger partial charge in [-0.3, -0.25) is 4.98 Å². The van der Waals surface area contributed by atoms with Gasteiger partial charge in [0, 0.05) is 24.5 Å². The van der Waals surface area contributed by atoms with E-state index in [1.807, 2.05) is 30.5 Å². The Labute approximate surface area is 114 Å². The van der Waals surface area contributed by atoms with Gasteiger partial charge in [-0.2, -0.15) is 0 Å². The highest BCUT2D eigenvalue weighted by Crippen LogP contribution is 2.18. The zero-order valence-electron chi connectivity index (χ0n) is 11.3. The monoisotopic (exact) mass is 256 g/mol. The van der Waals surface area contributed by atoms with E-state index in [2.05, 4.69) is 29.4 Å². The fourth-order valence-corrected chi connectivity index (χ4v) is 1.82. The highest BCUT2D eigenvalue weighted by atomic mass is 16.5. The van der Waals surface area contributed by atoms with Crippen molar-refractivity contribution in [3.63, 3.8) is 0 Å². The molecule has 1 aromatic heterocycles. The first-order valence-electron chi connectivity index (χ1n) is 6.70. The Bertz CT molecular complexity index is 485. The molecule has 0 amide bonds. The molecule has 2 aromatic rings. The van der Waals surface area contributed by atoms with Gasteiger partial charge >= 0.3 is 0 Å². The molecule has 0 bridgehead atoms. The van der Waals surface area contributed by atoms with E-state index < -0.39 is 0 Å². The summed E-state index contributed by atoms with van der Waals surface area (Å²) in [4.78, 5) is 4.16. The lowest BCUT2D eigenvalue weighted by molar-refractivity contribution is 0.301. The molecule has 0 aliphatic heterocycles. The highest BCUT2D eigenvalue weighted by molar-refractivity contribution is 5.30. The van der Waals surface area contributed by atoms with E-state index in [9.17, 15) is 0 Å². The standard InChI is InChI=1S/C16H20N2O/c1-2-9-17-11-15-12-18-10-8-16(15)19-13-14-6-4-3-5-7-14/h3-8,10,12,17H,2,9,11,13H2,1H3. The molecule has 100 valence electrons. The number of hydrogen-bond acceptors (Lipinski definition) is 3. The van der Waals surface area contributed by atoms with Crippen LogP contribution in [-0.4, -0.2) is 11.5 Å². The second kappa shape index (κ2) is 7.54. The quantitative estimate of drug-likeness (QED) is 0.773. The lowest BCUT2D eigenvalue weighted by Crippen LogP contribution is -2.14. The lowest BCUT2D eigenvalue weighted by atomic mass is 10.2. The van der Waals surface area contributed by atoms with Crippen molar-refractivity contribution >= 4 is 0 Å². The number of pyridine rings is 1. The van der Waals surface area contributed by atoms with Crippen LogP contribution in [0, 0.1) is 0 Å². The summed E-state index contributed by atoms with van der Waals surface area (Å²) in [5.41, 5.74) is 2.28. The number of nitrogens with one attached hydrogen (secondary N) is 1. The highest BCUT2D eigenvalue weighted by Gasteiger charge is 2.03. The molecule has 0 unspecified atom stereocenters. The second-order valence-corrected chi connectivity index (χ2v) is 4.43. The second-order valence-electron chi connectivity index (χ2n) is 4.43. The molecule has 0 saturated heterocycles. The summed E-state index contributed by atoms with van der Waals surface area (Å²) in [7, 11) is 0. The topological polar surface area (TPSA) is 34.2 Å². The molecule has 0 fully saturated rings. The van der Waals surface area contributed by atoms with Crippen LogP contribution in [0.2, 0.25) is 0 Å². The molecule has 0 saturated carbocycles. The number of benzene rings is 1. The first kappa shape index (κ1) is 13.6.